The molecule has 1 aromatic carbocycles. The SMILES string of the molecule is COC(=O)[C@H]1C[C@H]2CC[C@H]([C@H]1Cc1ccccc1)N2C. The Balaban J connectivity index is 1.84. The second-order valence-electron chi connectivity index (χ2n) is 6.18. The molecule has 2 bridgehead atoms. The smallest absolute Gasteiger partial charge is 0.309 e. The maximum Gasteiger partial charge on any atom is 0.309 e. The lowest BCUT2D eigenvalue weighted by Crippen LogP contribution is -2.49. The second kappa shape index (κ2) is 5.57. The molecule has 0 saturated carbocycles. The van der Waals surface area contributed by atoms with Gasteiger partial charge >= 0.3 is 5.97 Å². The van der Waals surface area contributed by atoms with Gasteiger partial charge in [0.25, 0.3) is 0 Å². The fourth-order valence-electron chi connectivity index (χ4n) is 4.16. The molecule has 0 unspecified atom stereocenters. The number of methoxy groups -OCH3 is 1. The van der Waals surface area contributed by atoms with E-state index < -0.39 is 0 Å². The van der Waals surface area contributed by atoms with Crippen molar-refractivity contribution in [3.63, 3.8) is 0 Å². The second-order valence-corrected chi connectivity index (χ2v) is 6.18. The number of esters is 1. The predicted octanol–water partition coefficient (Wildman–Crippen LogP) is 2.50. The van der Waals surface area contributed by atoms with Crippen LogP contribution in [-0.4, -0.2) is 37.1 Å². The first-order valence-electron chi connectivity index (χ1n) is 7.54. The Morgan fingerprint density at radius 2 is 2.05 bits per heavy atom. The van der Waals surface area contributed by atoms with E-state index in [1.165, 1.54) is 25.5 Å². The zero-order valence-corrected chi connectivity index (χ0v) is 12.3. The molecule has 3 rings (SSSR count). The van der Waals surface area contributed by atoms with Gasteiger partial charge in [-0.3, -0.25) is 4.79 Å². The average molecular weight is 273 g/mol. The van der Waals surface area contributed by atoms with Crippen LogP contribution in [0, 0.1) is 11.8 Å². The van der Waals surface area contributed by atoms with E-state index >= 15 is 0 Å². The summed E-state index contributed by atoms with van der Waals surface area (Å²) in [6.45, 7) is 0. The number of hydrogen-bond acceptors (Lipinski definition) is 3. The Morgan fingerprint density at radius 3 is 2.75 bits per heavy atom. The van der Waals surface area contributed by atoms with Crippen LogP contribution in [0.2, 0.25) is 0 Å². The standard InChI is InChI=1S/C17H23NO2/c1-18-13-8-9-16(18)14(15(11-13)17(19)20-2)10-12-6-4-3-5-7-12/h3-7,13-16H,8-11H2,1-2H3/t13-,14+,15+,16-/m1/s1. The molecule has 0 aliphatic carbocycles. The van der Waals surface area contributed by atoms with Gasteiger partial charge in [-0.2, -0.15) is 0 Å². The van der Waals surface area contributed by atoms with Gasteiger partial charge in [0.2, 0.25) is 0 Å². The Bertz CT molecular complexity index is 473. The lowest BCUT2D eigenvalue weighted by Gasteiger charge is -2.42. The largest absolute Gasteiger partial charge is 0.469 e. The molecular weight excluding hydrogens is 250 g/mol. The predicted molar refractivity (Wildman–Crippen MR) is 78.3 cm³/mol. The minimum absolute atomic E-state index is 0.0177. The van der Waals surface area contributed by atoms with Crippen LogP contribution >= 0.6 is 0 Å². The normalized spacial score (nSPS) is 33.1. The average Bonchev–Trinajstić information content (AvgIpc) is 2.72. The first-order valence-corrected chi connectivity index (χ1v) is 7.54. The van der Waals surface area contributed by atoms with E-state index in [4.69, 9.17) is 4.74 Å². The summed E-state index contributed by atoms with van der Waals surface area (Å²) in [5.41, 5.74) is 1.32. The summed E-state index contributed by atoms with van der Waals surface area (Å²) < 4.78 is 5.06. The minimum atomic E-state index is -0.0177. The van der Waals surface area contributed by atoms with Crippen LogP contribution in [0.5, 0.6) is 0 Å². The third-order valence-corrected chi connectivity index (χ3v) is 5.25. The van der Waals surface area contributed by atoms with Crippen LogP contribution in [0.4, 0.5) is 0 Å². The summed E-state index contributed by atoms with van der Waals surface area (Å²) in [5, 5.41) is 0. The Morgan fingerprint density at radius 1 is 1.30 bits per heavy atom. The molecule has 3 heteroatoms. The number of ether oxygens (including phenoxy) is 1. The molecule has 20 heavy (non-hydrogen) atoms. The molecule has 4 atom stereocenters. The van der Waals surface area contributed by atoms with Crippen molar-refractivity contribution in [2.45, 2.75) is 37.8 Å². The molecule has 0 N–H and O–H groups in total. The number of rotatable bonds is 3. The van der Waals surface area contributed by atoms with Crippen molar-refractivity contribution in [2.75, 3.05) is 14.2 Å². The number of hydrogen-bond donors (Lipinski definition) is 0. The van der Waals surface area contributed by atoms with E-state index in [-0.39, 0.29) is 11.9 Å². The molecule has 2 aliphatic rings. The topological polar surface area (TPSA) is 29.5 Å². The van der Waals surface area contributed by atoms with Crippen molar-refractivity contribution in [1.29, 1.82) is 0 Å². The molecule has 3 nitrogen and oxygen atoms in total. The lowest BCUT2D eigenvalue weighted by molar-refractivity contribution is -0.151. The minimum Gasteiger partial charge on any atom is -0.469 e. The van der Waals surface area contributed by atoms with Crippen molar-refractivity contribution in [3.8, 4) is 0 Å². The highest BCUT2D eigenvalue weighted by Gasteiger charge is 2.48. The zero-order valence-electron chi connectivity index (χ0n) is 12.3. The Labute approximate surface area is 120 Å². The molecule has 0 radical (unpaired) electrons. The lowest BCUT2D eigenvalue weighted by atomic mass is 9.77. The Hall–Kier alpha value is -1.35. The Kier molecular flexibility index (Phi) is 3.79. The number of carbonyl (C=O) groups is 1. The van der Waals surface area contributed by atoms with Gasteiger partial charge in [0, 0.05) is 12.1 Å². The summed E-state index contributed by atoms with van der Waals surface area (Å²) in [6, 6.07) is 11.6. The summed E-state index contributed by atoms with van der Waals surface area (Å²) in [7, 11) is 3.73. The van der Waals surface area contributed by atoms with Crippen LogP contribution < -0.4 is 0 Å². The van der Waals surface area contributed by atoms with Crippen molar-refractivity contribution < 1.29 is 9.53 Å². The van der Waals surface area contributed by atoms with Crippen molar-refractivity contribution in [3.05, 3.63) is 35.9 Å². The van der Waals surface area contributed by atoms with E-state index in [0.29, 0.717) is 18.0 Å². The number of piperidine rings is 1. The molecule has 2 heterocycles. The molecule has 2 fully saturated rings. The molecule has 0 amide bonds. The molecule has 108 valence electrons. The highest BCUT2D eigenvalue weighted by atomic mass is 16.5. The number of carbonyl (C=O) groups excluding carboxylic acids is 1. The van der Waals surface area contributed by atoms with Gasteiger partial charge in [-0.15, -0.1) is 0 Å². The monoisotopic (exact) mass is 273 g/mol. The highest BCUT2D eigenvalue weighted by Crippen LogP contribution is 2.43. The number of benzene rings is 1. The van der Waals surface area contributed by atoms with Crippen LogP contribution in [-0.2, 0) is 16.0 Å². The number of nitrogens with zero attached hydrogens (tertiary/aromatic N) is 1. The maximum absolute atomic E-state index is 12.2. The molecule has 2 aliphatic heterocycles. The van der Waals surface area contributed by atoms with E-state index in [1.54, 1.807) is 0 Å². The van der Waals surface area contributed by atoms with Crippen molar-refractivity contribution >= 4 is 5.97 Å². The first kappa shape index (κ1) is 13.6. The zero-order chi connectivity index (χ0) is 14.1. The van der Waals surface area contributed by atoms with Gasteiger partial charge in [0.15, 0.2) is 0 Å². The molecule has 0 aromatic heterocycles. The van der Waals surface area contributed by atoms with Crippen LogP contribution in [0.25, 0.3) is 0 Å². The van der Waals surface area contributed by atoms with Gasteiger partial charge in [-0.05, 0) is 44.2 Å². The van der Waals surface area contributed by atoms with Crippen LogP contribution in [0.15, 0.2) is 30.3 Å². The molecule has 1 aromatic rings. The summed E-state index contributed by atoms with van der Waals surface area (Å²) in [5.74, 6) is 0.429. The van der Waals surface area contributed by atoms with E-state index in [2.05, 4.69) is 36.2 Å². The summed E-state index contributed by atoms with van der Waals surface area (Å²) in [6.07, 6.45) is 4.37. The van der Waals surface area contributed by atoms with Gasteiger partial charge < -0.3 is 9.64 Å². The quantitative estimate of drug-likeness (QED) is 0.793. The molecule has 2 saturated heterocycles. The van der Waals surface area contributed by atoms with E-state index in [0.717, 1.165) is 12.8 Å². The van der Waals surface area contributed by atoms with Gasteiger partial charge in [-0.25, -0.2) is 0 Å². The van der Waals surface area contributed by atoms with Crippen LogP contribution in [0.1, 0.15) is 24.8 Å². The van der Waals surface area contributed by atoms with E-state index in [9.17, 15) is 4.79 Å². The maximum atomic E-state index is 12.2. The van der Waals surface area contributed by atoms with E-state index in [1.807, 2.05) is 6.07 Å². The highest BCUT2D eigenvalue weighted by molar-refractivity contribution is 5.73. The fraction of sp³-hybridized carbons (Fsp3) is 0.588. The van der Waals surface area contributed by atoms with Crippen LogP contribution in [0.3, 0.4) is 0 Å². The van der Waals surface area contributed by atoms with Crippen molar-refractivity contribution in [1.82, 2.24) is 4.90 Å². The third kappa shape index (κ3) is 2.35. The fourth-order valence-corrected chi connectivity index (χ4v) is 4.16. The van der Waals surface area contributed by atoms with Crippen molar-refractivity contribution in [2.24, 2.45) is 11.8 Å². The van der Waals surface area contributed by atoms with Gasteiger partial charge in [-0.1, -0.05) is 30.3 Å². The molecular formula is C17H23NO2. The van der Waals surface area contributed by atoms with Gasteiger partial charge in [0.05, 0.1) is 13.0 Å². The van der Waals surface area contributed by atoms with Gasteiger partial charge in [0.1, 0.15) is 0 Å². The third-order valence-electron chi connectivity index (χ3n) is 5.25. The first-order chi connectivity index (χ1) is 9.70. The summed E-state index contributed by atoms with van der Waals surface area (Å²) in [4.78, 5) is 14.6. The number of fused-ring (bicyclic) bond motifs is 2. The molecule has 0 spiro atoms. The summed E-state index contributed by atoms with van der Waals surface area (Å²) >= 11 is 0.